The molecule has 0 radical (unpaired) electrons. The van der Waals surface area contributed by atoms with E-state index in [-0.39, 0.29) is 25.4 Å². The first-order valence-electron chi connectivity index (χ1n) is 14.2. The van der Waals surface area contributed by atoms with Crippen LogP contribution in [0.25, 0.3) is 0 Å². The fraction of sp³-hybridized carbons (Fsp3) is 0.281. The Kier molecular flexibility index (Phi) is 12.8. The number of benzene rings is 3. The van der Waals surface area contributed by atoms with Crippen molar-refractivity contribution in [1.82, 2.24) is 9.80 Å². The number of aliphatic carboxylic acids is 1. The van der Waals surface area contributed by atoms with E-state index in [4.69, 9.17) is 5.11 Å². The van der Waals surface area contributed by atoms with Gasteiger partial charge in [-0.25, -0.2) is 4.79 Å². The van der Waals surface area contributed by atoms with Crippen molar-refractivity contribution in [3.8, 4) is 0 Å². The third kappa shape index (κ3) is 9.60. The van der Waals surface area contributed by atoms with Gasteiger partial charge in [-0.1, -0.05) is 50.2 Å². The van der Waals surface area contributed by atoms with Crippen molar-refractivity contribution < 1.29 is 29.1 Å². The van der Waals surface area contributed by atoms with E-state index in [9.17, 15) is 24.0 Å². The first-order valence-corrected chi connectivity index (χ1v) is 15.3. The minimum Gasteiger partial charge on any atom is -0.481 e. The summed E-state index contributed by atoms with van der Waals surface area (Å²) in [4.78, 5) is 65.5. The summed E-state index contributed by atoms with van der Waals surface area (Å²) in [6.07, 6.45) is -0.317. The number of amides is 5. The van der Waals surface area contributed by atoms with Crippen LogP contribution in [0.2, 0.25) is 0 Å². The number of hydrogen-bond donors (Lipinski definition) is 4. The molecule has 4 N–H and O–H groups in total. The van der Waals surface area contributed by atoms with Crippen molar-refractivity contribution in [3.05, 3.63) is 90.0 Å². The number of urea groups is 1. The molecule has 5 amide bonds. The topological polar surface area (TPSA) is 148 Å². The SMILES string of the molecule is CC.Cc1ccccc1NC(=O)Nc1ccc(NC(=O)[C@@H]2CSCN2C(=O)CN(CCC(=O)O)C(=O)c2ccccc2)cc1. The van der Waals surface area contributed by atoms with Gasteiger partial charge in [-0.15, -0.1) is 11.8 Å². The summed E-state index contributed by atoms with van der Waals surface area (Å²) < 4.78 is 0. The zero-order chi connectivity index (χ0) is 32.1. The predicted octanol–water partition coefficient (Wildman–Crippen LogP) is 5.12. The fourth-order valence-corrected chi connectivity index (χ4v) is 5.45. The number of carboxylic acid groups (broad SMARTS) is 1. The number of rotatable bonds is 10. The second-order valence-corrected chi connectivity index (χ2v) is 10.6. The number of carbonyl (C=O) groups is 5. The molecular formula is C32H37N5O6S. The molecule has 3 aromatic carbocycles. The van der Waals surface area contributed by atoms with Crippen LogP contribution in [0.15, 0.2) is 78.9 Å². The average molecular weight is 620 g/mol. The van der Waals surface area contributed by atoms with Crippen molar-refractivity contribution in [3.63, 3.8) is 0 Å². The van der Waals surface area contributed by atoms with Gasteiger partial charge < -0.3 is 30.9 Å². The number of nitrogens with zero attached hydrogens (tertiary/aromatic N) is 2. The molecule has 232 valence electrons. The van der Waals surface area contributed by atoms with E-state index in [1.807, 2.05) is 39.0 Å². The number of carboxylic acids is 1. The Morgan fingerprint density at radius 1 is 0.864 bits per heavy atom. The minimum absolute atomic E-state index is 0.143. The van der Waals surface area contributed by atoms with Crippen molar-refractivity contribution in [2.45, 2.75) is 33.2 Å². The van der Waals surface area contributed by atoms with Crippen LogP contribution in [0.3, 0.4) is 0 Å². The number of nitrogens with one attached hydrogen (secondary N) is 3. The largest absolute Gasteiger partial charge is 0.481 e. The second-order valence-electron chi connectivity index (χ2n) is 9.58. The first kappa shape index (κ1) is 33.7. The van der Waals surface area contributed by atoms with Gasteiger partial charge in [0.1, 0.15) is 12.6 Å². The standard InChI is InChI=1S/C30H31N5O6S.C2H6/c1-20-7-5-6-10-24(20)33-30(41)32-23-13-11-22(12-14-23)31-28(39)25-18-42-19-35(25)26(36)17-34(16-15-27(37)38)29(40)21-8-3-2-4-9-21;1-2/h2-14,25H,15-19H2,1H3,(H,31,39)(H,37,38)(H2,32,33,41);1-2H3/t25-;/m0./s1. The van der Waals surface area contributed by atoms with Crippen molar-refractivity contribution >= 4 is 58.5 Å². The van der Waals surface area contributed by atoms with Gasteiger partial charge in [0.05, 0.1) is 12.3 Å². The summed E-state index contributed by atoms with van der Waals surface area (Å²) in [7, 11) is 0. The lowest BCUT2D eigenvalue weighted by atomic mass is 10.2. The first-order chi connectivity index (χ1) is 21.2. The number of hydrogen-bond acceptors (Lipinski definition) is 6. The molecule has 0 spiro atoms. The summed E-state index contributed by atoms with van der Waals surface area (Å²) in [5.41, 5.74) is 2.97. The highest BCUT2D eigenvalue weighted by Gasteiger charge is 2.36. The van der Waals surface area contributed by atoms with Gasteiger partial charge in [0.2, 0.25) is 11.8 Å². The zero-order valence-corrected chi connectivity index (χ0v) is 25.7. The van der Waals surface area contributed by atoms with Gasteiger partial charge in [-0.05, 0) is 55.0 Å². The van der Waals surface area contributed by atoms with Gasteiger partial charge in [0.15, 0.2) is 0 Å². The highest BCUT2D eigenvalue weighted by Crippen LogP contribution is 2.24. The number of thioether (sulfide) groups is 1. The highest BCUT2D eigenvalue weighted by atomic mass is 32.2. The lowest BCUT2D eigenvalue weighted by Gasteiger charge is -2.27. The normalized spacial score (nSPS) is 13.6. The van der Waals surface area contributed by atoms with Crippen LogP contribution in [0.4, 0.5) is 21.9 Å². The maximum absolute atomic E-state index is 13.2. The molecule has 44 heavy (non-hydrogen) atoms. The molecule has 4 rings (SSSR count). The molecule has 1 saturated heterocycles. The Morgan fingerprint density at radius 3 is 2.11 bits per heavy atom. The third-order valence-corrected chi connectivity index (χ3v) is 7.55. The summed E-state index contributed by atoms with van der Waals surface area (Å²) in [5.74, 6) is -1.75. The smallest absolute Gasteiger partial charge is 0.323 e. The monoisotopic (exact) mass is 619 g/mol. The molecule has 0 saturated carbocycles. The van der Waals surface area contributed by atoms with Crippen LogP contribution in [0, 0.1) is 6.92 Å². The molecule has 0 unspecified atom stereocenters. The summed E-state index contributed by atoms with van der Waals surface area (Å²) in [5, 5.41) is 17.5. The Labute approximate surface area is 261 Å². The van der Waals surface area contributed by atoms with Crippen LogP contribution in [-0.2, 0) is 14.4 Å². The maximum Gasteiger partial charge on any atom is 0.323 e. The Hall–Kier alpha value is -4.84. The van der Waals surface area contributed by atoms with E-state index < -0.39 is 35.8 Å². The van der Waals surface area contributed by atoms with Crippen LogP contribution < -0.4 is 16.0 Å². The Morgan fingerprint density at radius 2 is 1.48 bits per heavy atom. The maximum atomic E-state index is 13.2. The van der Waals surface area contributed by atoms with E-state index >= 15 is 0 Å². The zero-order valence-electron chi connectivity index (χ0n) is 24.9. The van der Waals surface area contributed by atoms with Crippen LogP contribution >= 0.6 is 11.8 Å². The van der Waals surface area contributed by atoms with E-state index in [1.54, 1.807) is 60.7 Å². The van der Waals surface area contributed by atoms with E-state index in [2.05, 4.69) is 16.0 Å². The molecule has 1 aliphatic heterocycles. The number of anilines is 3. The molecule has 1 heterocycles. The molecule has 0 aliphatic carbocycles. The lowest BCUT2D eigenvalue weighted by Crippen LogP contribution is -2.49. The average Bonchev–Trinajstić information content (AvgIpc) is 3.53. The van der Waals surface area contributed by atoms with Crippen molar-refractivity contribution in [2.24, 2.45) is 0 Å². The molecule has 0 bridgehead atoms. The Balaban J connectivity index is 0.00000259. The van der Waals surface area contributed by atoms with Gasteiger partial charge in [-0.3, -0.25) is 19.2 Å². The summed E-state index contributed by atoms with van der Waals surface area (Å²) in [6, 6.07) is 21.1. The molecule has 12 heteroatoms. The lowest BCUT2D eigenvalue weighted by molar-refractivity contribution is -0.139. The van der Waals surface area contributed by atoms with E-state index in [1.165, 1.54) is 21.6 Å². The molecule has 0 aromatic heterocycles. The van der Waals surface area contributed by atoms with Gasteiger partial charge in [-0.2, -0.15) is 0 Å². The second kappa shape index (κ2) is 16.7. The number of aryl methyl sites for hydroxylation is 1. The van der Waals surface area contributed by atoms with E-state index in [0.717, 1.165) is 5.56 Å². The van der Waals surface area contributed by atoms with Crippen LogP contribution in [0.5, 0.6) is 0 Å². The molecule has 1 fully saturated rings. The molecular weight excluding hydrogens is 582 g/mol. The van der Waals surface area contributed by atoms with Gasteiger partial charge in [0, 0.05) is 34.9 Å². The van der Waals surface area contributed by atoms with E-state index in [0.29, 0.717) is 28.4 Å². The summed E-state index contributed by atoms with van der Waals surface area (Å²) >= 11 is 1.41. The van der Waals surface area contributed by atoms with Crippen molar-refractivity contribution in [2.75, 3.05) is 40.7 Å². The number of carbonyl (C=O) groups excluding carboxylic acids is 4. The highest BCUT2D eigenvalue weighted by molar-refractivity contribution is 7.99. The van der Waals surface area contributed by atoms with Crippen LogP contribution in [0.1, 0.15) is 36.2 Å². The molecule has 3 aromatic rings. The predicted molar refractivity (Wildman–Crippen MR) is 173 cm³/mol. The molecule has 1 aliphatic rings. The fourth-order valence-electron chi connectivity index (χ4n) is 4.27. The molecule has 1 atom stereocenters. The van der Waals surface area contributed by atoms with Gasteiger partial charge in [0.25, 0.3) is 5.91 Å². The van der Waals surface area contributed by atoms with Gasteiger partial charge >= 0.3 is 12.0 Å². The van der Waals surface area contributed by atoms with Crippen LogP contribution in [-0.4, -0.2) is 75.4 Å². The minimum atomic E-state index is -1.09. The molecule has 11 nitrogen and oxygen atoms in total. The summed E-state index contributed by atoms with van der Waals surface area (Å²) in [6.45, 7) is 5.40. The quantitative estimate of drug-likeness (QED) is 0.246. The Bertz CT molecular complexity index is 1450. The third-order valence-electron chi connectivity index (χ3n) is 6.54. The van der Waals surface area contributed by atoms with Crippen molar-refractivity contribution in [1.29, 1.82) is 0 Å². The number of para-hydroxylation sites is 1.